The van der Waals surface area contributed by atoms with Crippen molar-refractivity contribution in [2.75, 3.05) is 13.1 Å². The molecule has 2 aromatic rings. The Labute approximate surface area is 140 Å². The van der Waals surface area contributed by atoms with Crippen molar-refractivity contribution in [3.05, 3.63) is 56.7 Å². The summed E-state index contributed by atoms with van der Waals surface area (Å²) in [5.74, 6) is 0. The van der Waals surface area contributed by atoms with E-state index in [9.17, 15) is 5.11 Å². The molecule has 3 nitrogen and oxygen atoms in total. The first-order valence-electron chi connectivity index (χ1n) is 7.62. The zero-order chi connectivity index (χ0) is 15.4. The first kappa shape index (κ1) is 16.0. The highest BCUT2D eigenvalue weighted by Gasteiger charge is 2.20. The molecule has 3 rings (SSSR count). The van der Waals surface area contributed by atoms with Crippen molar-refractivity contribution in [3.8, 4) is 0 Å². The molecule has 5 heteroatoms. The lowest BCUT2D eigenvalue weighted by molar-refractivity contribution is 0.174. The molecule has 0 spiro atoms. The fourth-order valence-electron chi connectivity index (χ4n) is 2.84. The van der Waals surface area contributed by atoms with Gasteiger partial charge in [-0.2, -0.15) is 0 Å². The average Bonchev–Trinajstić information content (AvgIpc) is 3.10. The molecule has 1 aromatic carbocycles. The number of hydrogen-bond acceptors (Lipinski definition) is 4. The summed E-state index contributed by atoms with van der Waals surface area (Å²) in [6.45, 7) is 4.31. The Bertz CT molecular complexity index is 616. The first-order valence-corrected chi connectivity index (χ1v) is 8.88. The molecule has 118 valence electrons. The Hall–Kier alpha value is -0.910. The molecule has 2 N–H and O–H groups in total. The molecule has 1 fully saturated rings. The maximum absolute atomic E-state index is 9.65. The highest BCUT2D eigenvalue weighted by molar-refractivity contribution is 7.10. The van der Waals surface area contributed by atoms with E-state index in [2.05, 4.69) is 34.5 Å². The summed E-state index contributed by atoms with van der Waals surface area (Å²) in [4.78, 5) is 3.50. The van der Waals surface area contributed by atoms with Crippen LogP contribution in [0.25, 0.3) is 0 Å². The number of nitrogens with zero attached hydrogens (tertiary/aromatic N) is 1. The van der Waals surface area contributed by atoms with Gasteiger partial charge in [0, 0.05) is 37.6 Å². The van der Waals surface area contributed by atoms with Crippen LogP contribution in [0.5, 0.6) is 0 Å². The van der Waals surface area contributed by atoms with Gasteiger partial charge in [-0.15, -0.1) is 11.3 Å². The van der Waals surface area contributed by atoms with Gasteiger partial charge in [0.15, 0.2) is 0 Å². The standard InChI is InChI=1S/C17H21ClN2OS/c18-16-6-8-22-17(16)10-19-9-13-3-1-2-4-14(13)11-20-7-5-15(21)12-20/h1-4,6,8,15,19,21H,5,7,9-12H2/t15-/m1/s1. The van der Waals surface area contributed by atoms with E-state index in [1.807, 2.05) is 11.4 Å². The van der Waals surface area contributed by atoms with E-state index in [1.54, 1.807) is 11.3 Å². The normalized spacial score (nSPS) is 18.9. The molecular formula is C17H21ClN2OS. The minimum atomic E-state index is -0.161. The van der Waals surface area contributed by atoms with Gasteiger partial charge in [0.1, 0.15) is 0 Å². The number of β-amino-alcohol motifs (C(OH)–C–C–N with tert-alkyl or cyclic N) is 1. The number of rotatable bonds is 6. The number of benzene rings is 1. The maximum Gasteiger partial charge on any atom is 0.0679 e. The van der Waals surface area contributed by atoms with E-state index in [4.69, 9.17) is 11.6 Å². The van der Waals surface area contributed by atoms with E-state index in [0.29, 0.717) is 0 Å². The second-order valence-corrected chi connectivity index (χ2v) is 7.15. The molecule has 0 bridgehead atoms. The second-order valence-electron chi connectivity index (χ2n) is 5.74. The van der Waals surface area contributed by atoms with Crippen LogP contribution >= 0.6 is 22.9 Å². The molecule has 1 aliphatic rings. The SMILES string of the molecule is O[C@@H]1CCN(Cc2ccccc2CNCc2sccc2Cl)C1. The number of aliphatic hydroxyl groups is 1. The third-order valence-corrected chi connectivity index (χ3v) is 5.44. The lowest BCUT2D eigenvalue weighted by atomic mass is 10.1. The monoisotopic (exact) mass is 336 g/mol. The highest BCUT2D eigenvalue weighted by atomic mass is 35.5. The van der Waals surface area contributed by atoms with Crippen LogP contribution in [0.4, 0.5) is 0 Å². The van der Waals surface area contributed by atoms with E-state index in [-0.39, 0.29) is 6.10 Å². The van der Waals surface area contributed by atoms with E-state index in [0.717, 1.165) is 44.2 Å². The van der Waals surface area contributed by atoms with Gasteiger partial charge >= 0.3 is 0 Å². The van der Waals surface area contributed by atoms with Crippen LogP contribution in [-0.4, -0.2) is 29.2 Å². The molecule has 1 aliphatic heterocycles. The maximum atomic E-state index is 9.65. The van der Waals surface area contributed by atoms with Crippen molar-refractivity contribution in [3.63, 3.8) is 0 Å². The van der Waals surface area contributed by atoms with Crippen molar-refractivity contribution in [2.24, 2.45) is 0 Å². The third kappa shape index (κ3) is 4.09. The van der Waals surface area contributed by atoms with E-state index in [1.165, 1.54) is 16.0 Å². The van der Waals surface area contributed by atoms with E-state index < -0.39 is 0 Å². The summed E-state index contributed by atoms with van der Waals surface area (Å²) in [6, 6.07) is 10.5. The number of aliphatic hydroxyl groups excluding tert-OH is 1. The number of likely N-dealkylation sites (tertiary alicyclic amines) is 1. The van der Waals surface area contributed by atoms with Gasteiger partial charge in [0.25, 0.3) is 0 Å². The third-order valence-electron chi connectivity index (χ3n) is 4.05. The fraction of sp³-hybridized carbons (Fsp3) is 0.412. The Morgan fingerprint density at radius 2 is 2.05 bits per heavy atom. The Balaban J connectivity index is 1.58. The predicted molar refractivity (Wildman–Crippen MR) is 92.2 cm³/mol. The molecule has 0 amide bonds. The van der Waals surface area contributed by atoms with Gasteiger partial charge in [0.2, 0.25) is 0 Å². The highest BCUT2D eigenvalue weighted by Crippen LogP contribution is 2.22. The molecule has 1 atom stereocenters. The van der Waals surface area contributed by atoms with Crippen molar-refractivity contribution < 1.29 is 5.11 Å². The molecule has 0 aliphatic carbocycles. The molecule has 2 heterocycles. The van der Waals surface area contributed by atoms with Crippen LogP contribution < -0.4 is 5.32 Å². The van der Waals surface area contributed by atoms with Crippen LogP contribution in [0.3, 0.4) is 0 Å². The van der Waals surface area contributed by atoms with Gasteiger partial charge in [-0.05, 0) is 29.0 Å². The summed E-state index contributed by atoms with van der Waals surface area (Å²) in [7, 11) is 0. The van der Waals surface area contributed by atoms with Crippen molar-refractivity contribution in [2.45, 2.75) is 32.2 Å². The average molecular weight is 337 g/mol. The zero-order valence-corrected chi connectivity index (χ0v) is 14.0. The van der Waals surface area contributed by atoms with Gasteiger partial charge in [-0.3, -0.25) is 4.90 Å². The van der Waals surface area contributed by atoms with Crippen molar-refractivity contribution >= 4 is 22.9 Å². The predicted octanol–water partition coefficient (Wildman–Crippen LogP) is 3.26. The second kappa shape index (κ2) is 7.57. The molecule has 1 aromatic heterocycles. The minimum absolute atomic E-state index is 0.161. The molecule has 0 unspecified atom stereocenters. The Morgan fingerprint density at radius 3 is 2.73 bits per heavy atom. The summed E-state index contributed by atoms with van der Waals surface area (Å²) >= 11 is 7.80. The summed E-state index contributed by atoms with van der Waals surface area (Å²) < 4.78 is 0. The van der Waals surface area contributed by atoms with E-state index >= 15 is 0 Å². The van der Waals surface area contributed by atoms with Gasteiger partial charge in [0.05, 0.1) is 11.1 Å². The number of nitrogens with one attached hydrogen (secondary N) is 1. The van der Waals surface area contributed by atoms with Crippen LogP contribution in [0.2, 0.25) is 5.02 Å². The molecule has 0 saturated carbocycles. The first-order chi connectivity index (χ1) is 10.7. The van der Waals surface area contributed by atoms with Crippen molar-refractivity contribution in [1.82, 2.24) is 10.2 Å². The van der Waals surface area contributed by atoms with Crippen LogP contribution in [-0.2, 0) is 19.6 Å². The number of thiophene rings is 1. The topological polar surface area (TPSA) is 35.5 Å². The lowest BCUT2D eigenvalue weighted by Gasteiger charge is -2.18. The zero-order valence-electron chi connectivity index (χ0n) is 12.5. The van der Waals surface area contributed by atoms with Crippen LogP contribution in [0, 0.1) is 0 Å². The number of hydrogen-bond donors (Lipinski definition) is 2. The number of halogens is 1. The van der Waals surface area contributed by atoms with Crippen LogP contribution in [0.15, 0.2) is 35.7 Å². The molecule has 1 saturated heterocycles. The van der Waals surface area contributed by atoms with Crippen molar-refractivity contribution in [1.29, 1.82) is 0 Å². The fourth-order valence-corrected chi connectivity index (χ4v) is 3.92. The largest absolute Gasteiger partial charge is 0.392 e. The smallest absolute Gasteiger partial charge is 0.0679 e. The van der Waals surface area contributed by atoms with Crippen LogP contribution in [0.1, 0.15) is 22.4 Å². The molecule has 0 radical (unpaired) electrons. The van der Waals surface area contributed by atoms with Gasteiger partial charge in [-0.1, -0.05) is 35.9 Å². The Morgan fingerprint density at radius 1 is 1.23 bits per heavy atom. The van der Waals surface area contributed by atoms with Gasteiger partial charge in [-0.25, -0.2) is 0 Å². The summed E-state index contributed by atoms with van der Waals surface area (Å²) in [6.07, 6.45) is 0.725. The Kier molecular flexibility index (Phi) is 5.50. The quantitative estimate of drug-likeness (QED) is 0.850. The minimum Gasteiger partial charge on any atom is -0.392 e. The summed E-state index contributed by atoms with van der Waals surface area (Å²) in [5.41, 5.74) is 2.65. The molecule has 22 heavy (non-hydrogen) atoms. The van der Waals surface area contributed by atoms with Gasteiger partial charge < -0.3 is 10.4 Å². The molecular weight excluding hydrogens is 316 g/mol. The summed E-state index contributed by atoms with van der Waals surface area (Å²) in [5, 5.41) is 16.0. The lowest BCUT2D eigenvalue weighted by Crippen LogP contribution is -2.23.